The molecule has 5 rings (SSSR count). The van der Waals surface area contributed by atoms with Gasteiger partial charge in [-0.2, -0.15) is 0 Å². The van der Waals surface area contributed by atoms with Gasteiger partial charge in [-0.15, -0.1) is 11.3 Å². The van der Waals surface area contributed by atoms with Crippen molar-refractivity contribution in [2.75, 3.05) is 24.5 Å². The molecule has 0 radical (unpaired) electrons. The summed E-state index contributed by atoms with van der Waals surface area (Å²) in [6.07, 6.45) is 1.84. The van der Waals surface area contributed by atoms with Crippen LogP contribution in [0.15, 0.2) is 66.2 Å². The number of rotatable bonds is 3. The van der Waals surface area contributed by atoms with Gasteiger partial charge in [-0.1, -0.05) is 30.3 Å². The van der Waals surface area contributed by atoms with Gasteiger partial charge in [-0.25, -0.2) is 9.37 Å². The van der Waals surface area contributed by atoms with E-state index in [4.69, 9.17) is 0 Å². The standard InChI is InChI=1S/C22H20FN3OS/c23-18-8-6-16(7-9-18)21(27)26-13-17-12-25(22-24-10-11-28-22)14-19(17)20(26)15-4-2-1-3-5-15/h1-11,17,19-20H,12-14H2/t17-,19-,20+/m0/s1. The van der Waals surface area contributed by atoms with Crippen LogP contribution in [-0.4, -0.2) is 35.4 Å². The van der Waals surface area contributed by atoms with Gasteiger partial charge in [-0.3, -0.25) is 4.79 Å². The summed E-state index contributed by atoms with van der Waals surface area (Å²) in [6, 6.07) is 16.1. The van der Waals surface area contributed by atoms with Crippen LogP contribution in [0, 0.1) is 17.7 Å². The highest BCUT2D eigenvalue weighted by Gasteiger charge is 2.49. The summed E-state index contributed by atoms with van der Waals surface area (Å²) in [5, 5.41) is 3.06. The molecule has 2 saturated heterocycles. The van der Waals surface area contributed by atoms with Gasteiger partial charge in [0, 0.05) is 48.6 Å². The first-order chi connectivity index (χ1) is 13.7. The third kappa shape index (κ3) is 2.98. The Kier molecular flexibility index (Phi) is 4.36. The van der Waals surface area contributed by atoms with Crippen molar-refractivity contribution in [3.8, 4) is 0 Å². The van der Waals surface area contributed by atoms with E-state index in [2.05, 4.69) is 22.0 Å². The van der Waals surface area contributed by atoms with E-state index in [1.165, 1.54) is 12.1 Å². The van der Waals surface area contributed by atoms with Crippen LogP contribution in [0.2, 0.25) is 0 Å². The molecule has 6 heteroatoms. The second kappa shape index (κ2) is 7.02. The number of halogens is 1. The smallest absolute Gasteiger partial charge is 0.254 e. The zero-order chi connectivity index (χ0) is 19.1. The lowest BCUT2D eigenvalue weighted by Crippen LogP contribution is -2.35. The summed E-state index contributed by atoms with van der Waals surface area (Å²) >= 11 is 1.66. The van der Waals surface area contributed by atoms with Crippen LogP contribution in [0.1, 0.15) is 22.0 Å². The van der Waals surface area contributed by atoms with Crippen LogP contribution in [-0.2, 0) is 0 Å². The molecule has 3 heterocycles. The molecule has 0 aliphatic carbocycles. The molecule has 2 fully saturated rings. The number of thiazole rings is 1. The van der Waals surface area contributed by atoms with E-state index in [9.17, 15) is 9.18 Å². The first-order valence-electron chi connectivity index (χ1n) is 9.46. The maximum absolute atomic E-state index is 13.3. The van der Waals surface area contributed by atoms with Gasteiger partial charge in [-0.05, 0) is 29.8 Å². The molecule has 1 aromatic heterocycles. The minimum absolute atomic E-state index is 0.0220. The Morgan fingerprint density at radius 2 is 1.82 bits per heavy atom. The van der Waals surface area contributed by atoms with Crippen LogP contribution in [0.3, 0.4) is 0 Å². The molecule has 0 saturated carbocycles. The van der Waals surface area contributed by atoms with Gasteiger partial charge < -0.3 is 9.80 Å². The highest BCUT2D eigenvalue weighted by atomic mass is 32.1. The number of carbonyl (C=O) groups is 1. The van der Waals surface area contributed by atoms with Crippen molar-refractivity contribution in [3.63, 3.8) is 0 Å². The summed E-state index contributed by atoms with van der Waals surface area (Å²) in [5.41, 5.74) is 1.70. The molecule has 0 bridgehead atoms. The summed E-state index contributed by atoms with van der Waals surface area (Å²) in [4.78, 5) is 22.1. The quantitative estimate of drug-likeness (QED) is 0.668. The molecule has 2 aliphatic heterocycles. The van der Waals surface area contributed by atoms with E-state index in [1.807, 2.05) is 34.7 Å². The Hall–Kier alpha value is -2.73. The van der Waals surface area contributed by atoms with Crippen LogP contribution in [0.5, 0.6) is 0 Å². The minimum atomic E-state index is -0.325. The number of fused-ring (bicyclic) bond motifs is 1. The molecule has 142 valence electrons. The Labute approximate surface area is 167 Å². The van der Waals surface area contributed by atoms with Gasteiger partial charge >= 0.3 is 0 Å². The Morgan fingerprint density at radius 1 is 1.04 bits per heavy atom. The van der Waals surface area contributed by atoms with Crippen molar-refractivity contribution < 1.29 is 9.18 Å². The Balaban J connectivity index is 1.47. The SMILES string of the molecule is O=C(c1ccc(F)cc1)N1C[C@@H]2CN(c3nccs3)C[C@@H]2[C@H]1c1ccccc1. The third-order valence-electron chi connectivity index (χ3n) is 5.85. The predicted octanol–water partition coefficient (Wildman–Crippen LogP) is 4.23. The summed E-state index contributed by atoms with van der Waals surface area (Å²) < 4.78 is 13.3. The number of anilines is 1. The zero-order valence-electron chi connectivity index (χ0n) is 15.2. The first-order valence-corrected chi connectivity index (χ1v) is 10.3. The van der Waals surface area contributed by atoms with Crippen LogP contribution >= 0.6 is 11.3 Å². The molecular weight excluding hydrogens is 373 g/mol. The number of aromatic nitrogens is 1. The fourth-order valence-corrected chi connectivity index (χ4v) is 5.28. The van der Waals surface area contributed by atoms with Crippen LogP contribution in [0.4, 0.5) is 9.52 Å². The van der Waals surface area contributed by atoms with Crippen LogP contribution in [0.25, 0.3) is 0 Å². The molecule has 3 aromatic rings. The number of hydrogen-bond acceptors (Lipinski definition) is 4. The van der Waals surface area contributed by atoms with E-state index in [1.54, 1.807) is 23.5 Å². The van der Waals surface area contributed by atoms with Crippen molar-refractivity contribution in [2.45, 2.75) is 6.04 Å². The number of nitrogens with zero attached hydrogens (tertiary/aromatic N) is 3. The van der Waals surface area contributed by atoms with Crippen molar-refractivity contribution in [2.24, 2.45) is 11.8 Å². The Bertz CT molecular complexity index is 961. The van der Waals surface area contributed by atoms with Crippen molar-refractivity contribution in [1.82, 2.24) is 9.88 Å². The lowest BCUT2D eigenvalue weighted by Gasteiger charge is -2.30. The maximum Gasteiger partial charge on any atom is 0.254 e. The van der Waals surface area contributed by atoms with E-state index in [0.717, 1.165) is 23.8 Å². The molecule has 2 aromatic carbocycles. The van der Waals surface area contributed by atoms with Gasteiger partial charge in [0.25, 0.3) is 5.91 Å². The van der Waals surface area contributed by atoms with Crippen LogP contribution < -0.4 is 4.90 Å². The fraction of sp³-hybridized carbons (Fsp3) is 0.273. The van der Waals surface area contributed by atoms with Gasteiger partial charge in [0.15, 0.2) is 5.13 Å². The van der Waals surface area contributed by atoms with E-state index in [0.29, 0.717) is 23.9 Å². The highest BCUT2D eigenvalue weighted by Crippen LogP contribution is 2.46. The van der Waals surface area contributed by atoms with E-state index in [-0.39, 0.29) is 17.8 Å². The molecule has 0 spiro atoms. The minimum Gasteiger partial charge on any atom is -0.347 e. The van der Waals surface area contributed by atoms with Gasteiger partial charge in [0.1, 0.15) is 5.82 Å². The summed E-state index contributed by atoms with van der Waals surface area (Å²) in [5.74, 6) is 0.409. The first kappa shape index (κ1) is 17.4. The molecule has 2 aliphatic rings. The normalized spacial score (nSPS) is 23.8. The summed E-state index contributed by atoms with van der Waals surface area (Å²) in [6.45, 7) is 2.52. The second-order valence-electron chi connectivity index (χ2n) is 7.46. The monoisotopic (exact) mass is 393 g/mol. The topological polar surface area (TPSA) is 36.4 Å². The third-order valence-corrected chi connectivity index (χ3v) is 6.68. The van der Waals surface area contributed by atoms with Crippen molar-refractivity contribution in [3.05, 3.63) is 83.1 Å². The van der Waals surface area contributed by atoms with E-state index >= 15 is 0 Å². The molecule has 28 heavy (non-hydrogen) atoms. The van der Waals surface area contributed by atoms with Crippen molar-refractivity contribution >= 4 is 22.4 Å². The lowest BCUT2D eigenvalue weighted by molar-refractivity contribution is 0.0715. The average molecular weight is 393 g/mol. The maximum atomic E-state index is 13.3. The van der Waals surface area contributed by atoms with Crippen molar-refractivity contribution in [1.29, 1.82) is 0 Å². The Morgan fingerprint density at radius 3 is 2.54 bits per heavy atom. The van der Waals surface area contributed by atoms with Gasteiger partial charge in [0.2, 0.25) is 0 Å². The van der Waals surface area contributed by atoms with Gasteiger partial charge in [0.05, 0.1) is 6.04 Å². The number of likely N-dealkylation sites (tertiary alicyclic amines) is 1. The highest BCUT2D eigenvalue weighted by molar-refractivity contribution is 7.13. The molecular formula is C22H20FN3OS. The largest absolute Gasteiger partial charge is 0.347 e. The fourth-order valence-electron chi connectivity index (χ4n) is 4.62. The predicted molar refractivity (Wildman–Crippen MR) is 108 cm³/mol. The molecule has 1 amide bonds. The van der Waals surface area contributed by atoms with E-state index < -0.39 is 0 Å². The number of amides is 1. The summed E-state index contributed by atoms with van der Waals surface area (Å²) in [7, 11) is 0. The molecule has 3 atom stereocenters. The zero-order valence-corrected chi connectivity index (χ0v) is 16.1. The molecule has 4 nitrogen and oxygen atoms in total. The molecule has 0 N–H and O–H groups in total. The lowest BCUT2D eigenvalue weighted by atomic mass is 9.89. The second-order valence-corrected chi connectivity index (χ2v) is 8.34. The average Bonchev–Trinajstić information content (AvgIpc) is 3.44. The number of benzene rings is 2. The number of hydrogen-bond donors (Lipinski definition) is 0. The number of carbonyl (C=O) groups excluding carboxylic acids is 1. The molecule has 0 unspecified atom stereocenters.